The number of hydrogen-bond donors (Lipinski definition) is 3. The van der Waals surface area contributed by atoms with Gasteiger partial charge in [-0.05, 0) is 62.6 Å². The SMILES string of the molecule is C[C@@H]1CN(c2ccc(Nc3ncc4cc(C(=O)C5CCOCC5)c(=O)n(C5Cc6ccccc6NC5=O)c4n3)cc2F)C[C@H](C)N1. The van der Waals surface area contributed by atoms with Crippen molar-refractivity contribution in [2.75, 3.05) is 41.8 Å². The number of halogens is 1. The quantitative estimate of drug-likeness (QED) is 0.270. The molecule has 5 heterocycles. The summed E-state index contributed by atoms with van der Waals surface area (Å²) in [6.45, 7) is 6.44. The van der Waals surface area contributed by atoms with Crippen LogP contribution in [0.15, 0.2) is 59.5 Å². The van der Waals surface area contributed by atoms with Gasteiger partial charge < -0.3 is 25.6 Å². The molecule has 46 heavy (non-hydrogen) atoms. The number of carbonyl (C=O) groups excluding carboxylic acids is 2. The minimum atomic E-state index is -0.948. The Morgan fingerprint density at radius 2 is 1.80 bits per heavy atom. The molecule has 0 saturated carbocycles. The summed E-state index contributed by atoms with van der Waals surface area (Å²) in [5.74, 6) is -1.25. The summed E-state index contributed by atoms with van der Waals surface area (Å²) in [4.78, 5) is 52.4. The summed E-state index contributed by atoms with van der Waals surface area (Å²) in [5, 5.41) is 9.86. The fraction of sp³-hybridized carbons (Fsp3) is 0.382. The summed E-state index contributed by atoms with van der Waals surface area (Å²) in [6, 6.07) is 13.3. The van der Waals surface area contributed by atoms with Crippen LogP contribution in [0.2, 0.25) is 0 Å². The monoisotopic (exact) mass is 625 g/mol. The van der Waals surface area contributed by atoms with Crippen molar-refractivity contribution in [2.24, 2.45) is 5.92 Å². The third-order valence-corrected chi connectivity index (χ3v) is 9.04. The third kappa shape index (κ3) is 5.74. The molecule has 2 aromatic heterocycles. The number of ketones is 1. The first-order chi connectivity index (χ1) is 22.2. The van der Waals surface area contributed by atoms with E-state index in [0.29, 0.717) is 61.6 Å². The average molecular weight is 626 g/mol. The largest absolute Gasteiger partial charge is 0.381 e. The van der Waals surface area contributed by atoms with E-state index >= 15 is 4.39 Å². The molecule has 4 aromatic rings. The normalized spacial score (nSPS) is 21.9. The van der Waals surface area contributed by atoms with Crippen LogP contribution in [0.5, 0.6) is 0 Å². The van der Waals surface area contributed by atoms with E-state index in [2.05, 4.69) is 39.8 Å². The van der Waals surface area contributed by atoms with Crippen LogP contribution < -0.4 is 26.4 Å². The van der Waals surface area contributed by atoms with Crippen LogP contribution >= 0.6 is 0 Å². The zero-order valence-electron chi connectivity index (χ0n) is 25.8. The molecule has 0 aliphatic carbocycles. The highest BCUT2D eigenvalue weighted by atomic mass is 19.1. The van der Waals surface area contributed by atoms with E-state index in [-0.39, 0.29) is 59.1 Å². The smallest absolute Gasteiger partial charge is 0.263 e. The second-order valence-electron chi connectivity index (χ2n) is 12.5. The number of Topliss-reactive ketones (excluding diaryl/α,β-unsaturated/α-hetero) is 1. The molecule has 0 bridgehead atoms. The van der Waals surface area contributed by atoms with Crippen LogP contribution in [0, 0.1) is 11.7 Å². The van der Waals surface area contributed by atoms with Crippen LogP contribution in [0.4, 0.5) is 27.4 Å². The van der Waals surface area contributed by atoms with Gasteiger partial charge in [-0.1, -0.05) is 18.2 Å². The van der Waals surface area contributed by atoms with Crippen molar-refractivity contribution in [3.8, 4) is 0 Å². The van der Waals surface area contributed by atoms with E-state index in [1.807, 2.05) is 29.2 Å². The molecular weight excluding hydrogens is 589 g/mol. The maximum atomic E-state index is 15.4. The molecule has 3 aliphatic heterocycles. The predicted molar refractivity (Wildman–Crippen MR) is 173 cm³/mol. The Bertz CT molecular complexity index is 1880. The summed E-state index contributed by atoms with van der Waals surface area (Å²) in [6.07, 6.45) is 2.81. The van der Waals surface area contributed by atoms with Gasteiger partial charge in [-0.25, -0.2) is 9.37 Å². The predicted octanol–water partition coefficient (Wildman–Crippen LogP) is 4.21. The number of benzene rings is 2. The molecule has 3 N–H and O–H groups in total. The summed E-state index contributed by atoms with van der Waals surface area (Å²) in [7, 11) is 0. The molecule has 12 heteroatoms. The number of para-hydroxylation sites is 1. The Balaban J connectivity index is 1.27. The van der Waals surface area contributed by atoms with Crippen LogP contribution in [0.3, 0.4) is 0 Å². The zero-order valence-corrected chi connectivity index (χ0v) is 25.8. The van der Waals surface area contributed by atoms with Gasteiger partial charge in [0.05, 0.1) is 11.3 Å². The molecule has 2 aromatic carbocycles. The number of hydrogen-bond acceptors (Lipinski definition) is 9. The highest BCUT2D eigenvalue weighted by Gasteiger charge is 2.33. The van der Waals surface area contributed by atoms with E-state index < -0.39 is 11.6 Å². The van der Waals surface area contributed by atoms with E-state index in [1.165, 1.54) is 22.9 Å². The number of nitrogens with one attached hydrogen (secondary N) is 3. The molecule has 0 spiro atoms. The number of aromatic nitrogens is 3. The van der Waals surface area contributed by atoms with Gasteiger partial charge in [0.1, 0.15) is 17.5 Å². The second-order valence-corrected chi connectivity index (χ2v) is 12.5. The number of amides is 1. The topological polar surface area (TPSA) is 130 Å². The van der Waals surface area contributed by atoms with Crippen molar-refractivity contribution in [3.63, 3.8) is 0 Å². The first-order valence-corrected chi connectivity index (χ1v) is 15.8. The number of carbonyl (C=O) groups is 2. The van der Waals surface area contributed by atoms with Gasteiger partial charge in [-0.3, -0.25) is 19.0 Å². The fourth-order valence-electron chi connectivity index (χ4n) is 6.87. The Morgan fingerprint density at radius 1 is 1.04 bits per heavy atom. The van der Waals surface area contributed by atoms with Crippen LogP contribution in [-0.4, -0.2) is 64.6 Å². The van der Waals surface area contributed by atoms with Gasteiger partial charge in [0.2, 0.25) is 11.9 Å². The van der Waals surface area contributed by atoms with Gasteiger partial charge >= 0.3 is 0 Å². The van der Waals surface area contributed by atoms with Gasteiger partial charge in [0.15, 0.2) is 5.78 Å². The number of ether oxygens (including phenoxy) is 1. The van der Waals surface area contributed by atoms with Crippen LogP contribution in [0.1, 0.15) is 48.7 Å². The molecule has 7 rings (SSSR count). The maximum absolute atomic E-state index is 15.4. The lowest BCUT2D eigenvalue weighted by molar-refractivity contribution is -0.119. The number of pyridine rings is 1. The Kier molecular flexibility index (Phi) is 7.99. The van der Waals surface area contributed by atoms with Crippen molar-refractivity contribution in [1.29, 1.82) is 0 Å². The van der Waals surface area contributed by atoms with Gasteiger partial charge in [-0.15, -0.1) is 0 Å². The van der Waals surface area contributed by atoms with Gasteiger partial charge in [0.25, 0.3) is 5.56 Å². The molecule has 3 aliphatic rings. The molecule has 0 radical (unpaired) electrons. The van der Waals surface area contributed by atoms with Crippen molar-refractivity contribution in [1.82, 2.24) is 19.9 Å². The van der Waals surface area contributed by atoms with Gasteiger partial charge in [0, 0.05) is 73.7 Å². The number of rotatable bonds is 6. The minimum Gasteiger partial charge on any atom is -0.381 e. The molecule has 3 atom stereocenters. The van der Waals surface area contributed by atoms with Crippen molar-refractivity contribution >= 4 is 45.7 Å². The van der Waals surface area contributed by atoms with Gasteiger partial charge in [-0.2, -0.15) is 4.98 Å². The summed E-state index contributed by atoms with van der Waals surface area (Å²) >= 11 is 0. The fourth-order valence-corrected chi connectivity index (χ4v) is 6.87. The Labute approximate surface area is 265 Å². The standard InChI is InChI=1S/C34H36FN7O4/c1-19-17-41(18-20(2)37-19)28-8-7-24(15-26(28)35)38-34-36-16-23-13-25(30(43)21-9-11-46-12-10-21)33(45)42(31(23)40-34)29-14-22-5-3-4-6-27(22)39-32(29)44/h3-8,13,15-16,19-21,29,37H,9-12,14,17-18H2,1-2H3,(H,39,44)(H,36,38,40)/t19-,20+,29?. The van der Waals surface area contributed by atoms with Crippen molar-refractivity contribution < 1.29 is 18.7 Å². The van der Waals surface area contributed by atoms with E-state index in [9.17, 15) is 14.4 Å². The number of nitrogens with zero attached hydrogens (tertiary/aromatic N) is 4. The highest BCUT2D eigenvalue weighted by Crippen LogP contribution is 2.31. The van der Waals surface area contributed by atoms with E-state index in [1.54, 1.807) is 12.1 Å². The average Bonchev–Trinajstić information content (AvgIpc) is 3.04. The summed E-state index contributed by atoms with van der Waals surface area (Å²) < 4.78 is 22.1. The lowest BCUT2D eigenvalue weighted by Crippen LogP contribution is -2.54. The van der Waals surface area contributed by atoms with Crippen molar-refractivity contribution in [2.45, 2.75) is 51.2 Å². The van der Waals surface area contributed by atoms with E-state index in [4.69, 9.17) is 4.74 Å². The van der Waals surface area contributed by atoms with Crippen LogP contribution in [0.25, 0.3) is 11.0 Å². The molecule has 2 saturated heterocycles. The van der Waals surface area contributed by atoms with Crippen molar-refractivity contribution in [3.05, 3.63) is 82.0 Å². The Hall–Kier alpha value is -4.68. The summed E-state index contributed by atoms with van der Waals surface area (Å²) in [5.41, 5.74) is 2.12. The molecule has 2 fully saturated rings. The molecule has 11 nitrogen and oxygen atoms in total. The highest BCUT2D eigenvalue weighted by molar-refractivity contribution is 6.01. The zero-order chi connectivity index (χ0) is 31.9. The maximum Gasteiger partial charge on any atom is 0.263 e. The number of piperazine rings is 1. The number of fused-ring (bicyclic) bond motifs is 2. The third-order valence-electron chi connectivity index (χ3n) is 9.04. The second kappa shape index (κ2) is 12.3. The minimum absolute atomic E-state index is 0.00424. The van der Waals surface area contributed by atoms with Crippen LogP contribution in [-0.2, 0) is 16.0 Å². The molecule has 1 amide bonds. The first kappa shape index (κ1) is 30.0. The van der Waals surface area contributed by atoms with E-state index in [0.717, 1.165) is 5.56 Å². The molecule has 1 unspecified atom stereocenters. The molecular formula is C34H36FN7O4. The molecule has 238 valence electrons. The Morgan fingerprint density at radius 3 is 2.57 bits per heavy atom. The number of anilines is 4. The lowest BCUT2D eigenvalue weighted by atomic mass is 9.91. The first-order valence-electron chi connectivity index (χ1n) is 15.8. The lowest BCUT2D eigenvalue weighted by Gasteiger charge is -2.37.